The van der Waals surface area contributed by atoms with Gasteiger partial charge in [0.25, 0.3) is 0 Å². The van der Waals surface area contributed by atoms with Crippen LogP contribution in [0, 0.1) is 5.41 Å². The first-order chi connectivity index (χ1) is 12.9. The topological polar surface area (TPSA) is 70.7 Å². The summed E-state index contributed by atoms with van der Waals surface area (Å²) in [6.45, 7) is 11.0. The van der Waals surface area contributed by atoms with Gasteiger partial charge in [-0.05, 0) is 17.5 Å². The van der Waals surface area contributed by atoms with Crippen LogP contribution >= 0.6 is 0 Å². The van der Waals surface area contributed by atoms with Crippen molar-refractivity contribution >= 4 is 11.8 Å². The molecule has 1 aromatic rings. The van der Waals surface area contributed by atoms with Crippen molar-refractivity contribution < 1.29 is 14.3 Å². The van der Waals surface area contributed by atoms with Crippen LogP contribution in [0.15, 0.2) is 24.3 Å². The van der Waals surface area contributed by atoms with E-state index in [9.17, 15) is 9.59 Å². The molecule has 0 atom stereocenters. The van der Waals surface area contributed by atoms with Gasteiger partial charge in [0.05, 0.1) is 13.2 Å². The van der Waals surface area contributed by atoms with Crippen LogP contribution in [0.5, 0.6) is 0 Å². The Kier molecular flexibility index (Phi) is 8.25. The fourth-order valence-electron chi connectivity index (χ4n) is 2.88. The second-order valence-corrected chi connectivity index (χ2v) is 8.04. The molecular formula is C21H33N3O3. The Balaban J connectivity index is 1.72. The van der Waals surface area contributed by atoms with Gasteiger partial charge in [-0.25, -0.2) is 0 Å². The van der Waals surface area contributed by atoms with E-state index in [2.05, 4.69) is 27.7 Å². The molecule has 0 saturated carbocycles. The molecule has 0 unspecified atom stereocenters. The van der Waals surface area contributed by atoms with E-state index in [0.29, 0.717) is 25.9 Å². The van der Waals surface area contributed by atoms with Crippen LogP contribution in [0.2, 0.25) is 0 Å². The van der Waals surface area contributed by atoms with Crippen molar-refractivity contribution in [2.24, 2.45) is 5.41 Å². The molecule has 2 amide bonds. The smallest absolute Gasteiger partial charge is 0.225 e. The zero-order valence-electron chi connectivity index (χ0n) is 16.8. The van der Waals surface area contributed by atoms with Crippen LogP contribution in [-0.2, 0) is 27.4 Å². The molecule has 6 nitrogen and oxygen atoms in total. The van der Waals surface area contributed by atoms with Gasteiger partial charge < -0.3 is 15.4 Å². The lowest BCUT2D eigenvalue weighted by Crippen LogP contribution is -2.36. The Morgan fingerprint density at radius 2 is 1.74 bits per heavy atom. The Labute approximate surface area is 162 Å². The predicted octanol–water partition coefficient (Wildman–Crippen LogP) is 2.08. The van der Waals surface area contributed by atoms with Crippen LogP contribution in [-0.4, -0.2) is 49.6 Å². The number of morpholine rings is 1. The highest BCUT2D eigenvalue weighted by Crippen LogP contribution is 2.13. The molecule has 0 aromatic heterocycles. The van der Waals surface area contributed by atoms with Gasteiger partial charge in [-0.3, -0.25) is 14.5 Å². The largest absolute Gasteiger partial charge is 0.379 e. The maximum atomic E-state index is 12.1. The number of benzene rings is 1. The number of amides is 2. The summed E-state index contributed by atoms with van der Waals surface area (Å²) in [5.41, 5.74) is 2.00. The van der Waals surface area contributed by atoms with Crippen LogP contribution < -0.4 is 10.6 Å². The summed E-state index contributed by atoms with van der Waals surface area (Å²) in [7, 11) is 0. The lowest BCUT2D eigenvalue weighted by atomic mass is 9.96. The fourth-order valence-corrected chi connectivity index (χ4v) is 2.88. The van der Waals surface area contributed by atoms with Crippen LogP contribution in [0.3, 0.4) is 0 Å². The molecule has 6 heteroatoms. The number of rotatable bonds is 8. The maximum absolute atomic E-state index is 12.1. The predicted molar refractivity (Wildman–Crippen MR) is 106 cm³/mol. The summed E-state index contributed by atoms with van der Waals surface area (Å²) < 4.78 is 5.40. The first-order valence-corrected chi connectivity index (χ1v) is 9.78. The first kappa shape index (κ1) is 21.4. The average molecular weight is 376 g/mol. The highest BCUT2D eigenvalue weighted by Gasteiger charge is 2.20. The van der Waals surface area contributed by atoms with Gasteiger partial charge in [0.1, 0.15) is 0 Å². The molecule has 1 aromatic carbocycles. The molecule has 1 heterocycles. The van der Waals surface area contributed by atoms with E-state index in [1.54, 1.807) is 0 Å². The number of ether oxygens (including phenoxy) is 1. The fraction of sp³-hybridized carbons (Fsp3) is 0.619. The minimum Gasteiger partial charge on any atom is -0.379 e. The molecule has 1 fully saturated rings. The summed E-state index contributed by atoms with van der Waals surface area (Å²) in [5.74, 6) is 0.0288. The SMILES string of the molecule is CC(C)(C)C(=O)NCCCC(=O)NCc1ccccc1CN1CCOCC1. The van der Waals surface area contributed by atoms with Crippen molar-refractivity contribution in [2.45, 2.75) is 46.7 Å². The molecule has 27 heavy (non-hydrogen) atoms. The summed E-state index contributed by atoms with van der Waals surface area (Å²) in [4.78, 5) is 26.3. The Morgan fingerprint density at radius 1 is 1.07 bits per heavy atom. The number of carbonyl (C=O) groups is 2. The van der Waals surface area contributed by atoms with Gasteiger partial charge in [-0.15, -0.1) is 0 Å². The average Bonchev–Trinajstić information content (AvgIpc) is 2.64. The summed E-state index contributed by atoms with van der Waals surface area (Å²) in [5, 5.41) is 5.87. The van der Waals surface area contributed by atoms with Crippen LogP contribution in [0.4, 0.5) is 0 Å². The Bertz CT molecular complexity index is 619. The standard InChI is InChI=1S/C21H33N3O3/c1-21(2,3)20(26)22-10-6-9-19(25)23-15-17-7-4-5-8-18(17)16-24-11-13-27-14-12-24/h4-5,7-8H,6,9-16H2,1-3H3,(H,22,26)(H,23,25). The monoisotopic (exact) mass is 375 g/mol. The molecule has 0 aliphatic carbocycles. The van der Waals surface area contributed by atoms with Crippen LogP contribution in [0.25, 0.3) is 0 Å². The molecular weight excluding hydrogens is 342 g/mol. The highest BCUT2D eigenvalue weighted by molar-refractivity contribution is 5.81. The molecule has 1 aliphatic rings. The van der Waals surface area contributed by atoms with Gasteiger partial charge in [0, 0.05) is 44.6 Å². The third-order valence-corrected chi connectivity index (χ3v) is 4.64. The third-order valence-electron chi connectivity index (χ3n) is 4.64. The highest BCUT2D eigenvalue weighted by atomic mass is 16.5. The number of nitrogens with zero attached hydrogens (tertiary/aromatic N) is 1. The van der Waals surface area contributed by atoms with Crippen molar-refractivity contribution in [1.82, 2.24) is 15.5 Å². The Hall–Kier alpha value is -1.92. The third kappa shape index (κ3) is 7.69. The number of nitrogens with one attached hydrogen (secondary N) is 2. The zero-order valence-corrected chi connectivity index (χ0v) is 16.8. The van der Waals surface area contributed by atoms with E-state index in [1.165, 1.54) is 5.56 Å². The van der Waals surface area contributed by atoms with Crippen molar-refractivity contribution in [1.29, 1.82) is 0 Å². The van der Waals surface area contributed by atoms with Gasteiger partial charge in [-0.1, -0.05) is 45.0 Å². The van der Waals surface area contributed by atoms with Gasteiger partial charge >= 0.3 is 0 Å². The van der Waals surface area contributed by atoms with Gasteiger partial charge in [0.2, 0.25) is 11.8 Å². The maximum Gasteiger partial charge on any atom is 0.225 e. The minimum absolute atomic E-state index is 0.0138. The van der Waals surface area contributed by atoms with Crippen molar-refractivity contribution in [3.8, 4) is 0 Å². The lowest BCUT2D eigenvalue weighted by molar-refractivity contribution is -0.128. The molecule has 150 valence electrons. The molecule has 1 aliphatic heterocycles. The second kappa shape index (κ2) is 10.4. The molecule has 0 radical (unpaired) electrons. The molecule has 2 N–H and O–H groups in total. The van der Waals surface area contributed by atoms with Crippen molar-refractivity contribution in [2.75, 3.05) is 32.8 Å². The van der Waals surface area contributed by atoms with Crippen molar-refractivity contribution in [3.05, 3.63) is 35.4 Å². The molecule has 0 spiro atoms. The summed E-state index contributed by atoms with van der Waals surface area (Å²) in [6, 6.07) is 8.24. The molecule has 0 bridgehead atoms. The number of carbonyl (C=O) groups excluding carboxylic acids is 2. The molecule has 1 saturated heterocycles. The Morgan fingerprint density at radius 3 is 2.41 bits per heavy atom. The van der Waals surface area contributed by atoms with E-state index in [0.717, 1.165) is 38.4 Å². The summed E-state index contributed by atoms with van der Waals surface area (Å²) >= 11 is 0. The normalized spacial score (nSPS) is 15.4. The van der Waals surface area contributed by atoms with Gasteiger partial charge in [-0.2, -0.15) is 0 Å². The second-order valence-electron chi connectivity index (χ2n) is 8.04. The van der Waals surface area contributed by atoms with E-state index < -0.39 is 5.41 Å². The summed E-state index contributed by atoms with van der Waals surface area (Å²) in [6.07, 6.45) is 1.05. The molecule has 2 rings (SSSR count). The number of hydrogen-bond acceptors (Lipinski definition) is 4. The first-order valence-electron chi connectivity index (χ1n) is 9.78. The lowest BCUT2D eigenvalue weighted by Gasteiger charge is -2.27. The van der Waals surface area contributed by atoms with Crippen LogP contribution in [0.1, 0.15) is 44.7 Å². The van der Waals surface area contributed by atoms with E-state index >= 15 is 0 Å². The van der Waals surface area contributed by atoms with Crippen molar-refractivity contribution in [3.63, 3.8) is 0 Å². The number of hydrogen-bond donors (Lipinski definition) is 2. The van der Waals surface area contributed by atoms with E-state index in [1.807, 2.05) is 32.9 Å². The minimum atomic E-state index is -0.396. The van der Waals surface area contributed by atoms with Gasteiger partial charge in [0.15, 0.2) is 0 Å². The van der Waals surface area contributed by atoms with E-state index in [4.69, 9.17) is 4.74 Å². The van der Waals surface area contributed by atoms with E-state index in [-0.39, 0.29) is 11.8 Å². The quantitative estimate of drug-likeness (QED) is 0.683. The zero-order chi connectivity index (χ0) is 19.7.